The van der Waals surface area contributed by atoms with Gasteiger partial charge in [0, 0.05) is 13.2 Å². The second kappa shape index (κ2) is 5.21. The molecule has 110 valence electrons. The Kier molecular flexibility index (Phi) is 3.93. The van der Waals surface area contributed by atoms with Gasteiger partial charge in [-0.15, -0.1) is 0 Å². The van der Waals surface area contributed by atoms with Crippen molar-refractivity contribution in [2.75, 3.05) is 23.9 Å². The number of sulfone groups is 1. The van der Waals surface area contributed by atoms with Crippen LogP contribution in [0.15, 0.2) is 12.3 Å². The highest BCUT2D eigenvalue weighted by molar-refractivity contribution is 7.91. The molecule has 1 aromatic rings. The zero-order chi connectivity index (χ0) is 15.0. The van der Waals surface area contributed by atoms with E-state index in [4.69, 9.17) is 11.6 Å². The molecule has 1 aliphatic rings. The molecule has 2 rings (SSSR count). The number of nitrogens with one attached hydrogen (secondary N) is 2. The Morgan fingerprint density at radius 2 is 2.20 bits per heavy atom. The van der Waals surface area contributed by atoms with Gasteiger partial charge in [0.15, 0.2) is 9.84 Å². The van der Waals surface area contributed by atoms with Crippen LogP contribution in [0.2, 0.25) is 5.02 Å². The van der Waals surface area contributed by atoms with Crippen LogP contribution in [0.3, 0.4) is 0 Å². The van der Waals surface area contributed by atoms with Gasteiger partial charge in [-0.3, -0.25) is 4.79 Å². The number of anilines is 1. The fourth-order valence-electron chi connectivity index (χ4n) is 2.20. The van der Waals surface area contributed by atoms with Crippen molar-refractivity contribution < 1.29 is 13.2 Å². The van der Waals surface area contributed by atoms with Crippen LogP contribution < -0.4 is 10.6 Å². The third-order valence-electron chi connectivity index (χ3n) is 3.27. The normalized spacial score (nSPS) is 24.4. The highest BCUT2D eigenvalue weighted by Crippen LogP contribution is 2.25. The van der Waals surface area contributed by atoms with Gasteiger partial charge in [0.1, 0.15) is 5.82 Å². The van der Waals surface area contributed by atoms with E-state index in [1.54, 1.807) is 14.0 Å². The van der Waals surface area contributed by atoms with E-state index in [1.807, 2.05) is 0 Å². The third kappa shape index (κ3) is 3.21. The van der Waals surface area contributed by atoms with E-state index in [1.165, 1.54) is 12.3 Å². The number of rotatable bonds is 3. The van der Waals surface area contributed by atoms with E-state index in [9.17, 15) is 13.2 Å². The van der Waals surface area contributed by atoms with Crippen LogP contribution in [0.5, 0.6) is 0 Å². The Hall–Kier alpha value is -1.34. The highest BCUT2D eigenvalue weighted by atomic mass is 35.5. The number of carbonyl (C=O) groups excluding carboxylic acids is 1. The van der Waals surface area contributed by atoms with Crippen LogP contribution in [0.25, 0.3) is 0 Å². The topological polar surface area (TPSA) is 88.2 Å². The zero-order valence-corrected chi connectivity index (χ0v) is 12.8. The Labute approximate surface area is 122 Å². The molecule has 1 fully saturated rings. The predicted octanol–water partition coefficient (Wildman–Crippen LogP) is 1.08. The van der Waals surface area contributed by atoms with Crippen LogP contribution >= 0.6 is 11.6 Å². The van der Waals surface area contributed by atoms with Crippen molar-refractivity contribution in [3.05, 3.63) is 22.8 Å². The molecule has 1 aromatic heterocycles. The SMILES string of the molecule is CNc1cc(C(=O)NC2(C)CCS(=O)(=O)C2)c(Cl)cn1. The number of nitrogens with zero attached hydrogens (tertiary/aromatic N) is 1. The zero-order valence-electron chi connectivity index (χ0n) is 11.2. The fraction of sp³-hybridized carbons (Fsp3) is 0.500. The van der Waals surface area contributed by atoms with Crippen molar-refractivity contribution in [3.63, 3.8) is 0 Å². The first kappa shape index (κ1) is 15.1. The monoisotopic (exact) mass is 317 g/mol. The minimum atomic E-state index is -3.08. The average Bonchev–Trinajstić information content (AvgIpc) is 2.63. The molecule has 1 atom stereocenters. The van der Waals surface area contributed by atoms with Crippen molar-refractivity contribution in [1.29, 1.82) is 0 Å². The average molecular weight is 318 g/mol. The van der Waals surface area contributed by atoms with Gasteiger partial charge >= 0.3 is 0 Å². The molecule has 0 saturated carbocycles. The number of pyridine rings is 1. The summed E-state index contributed by atoms with van der Waals surface area (Å²) in [6.07, 6.45) is 1.79. The molecule has 0 aromatic carbocycles. The number of hydrogen-bond acceptors (Lipinski definition) is 5. The molecule has 8 heteroatoms. The molecule has 0 bridgehead atoms. The first-order chi connectivity index (χ1) is 9.25. The Balaban J connectivity index is 2.21. The van der Waals surface area contributed by atoms with Crippen LogP contribution in [0.1, 0.15) is 23.7 Å². The summed E-state index contributed by atoms with van der Waals surface area (Å²) < 4.78 is 23.1. The van der Waals surface area contributed by atoms with Gasteiger partial charge in [0.2, 0.25) is 0 Å². The molecular weight excluding hydrogens is 302 g/mol. The number of amides is 1. The van der Waals surface area contributed by atoms with Crippen molar-refractivity contribution in [1.82, 2.24) is 10.3 Å². The number of hydrogen-bond donors (Lipinski definition) is 2. The molecule has 0 aliphatic carbocycles. The number of halogens is 1. The fourth-order valence-corrected chi connectivity index (χ4v) is 4.48. The van der Waals surface area contributed by atoms with Crippen LogP contribution in [-0.4, -0.2) is 43.4 Å². The maximum absolute atomic E-state index is 12.3. The van der Waals surface area contributed by atoms with Gasteiger partial charge < -0.3 is 10.6 Å². The first-order valence-corrected chi connectivity index (χ1v) is 8.31. The quantitative estimate of drug-likeness (QED) is 0.871. The van der Waals surface area contributed by atoms with E-state index in [2.05, 4.69) is 15.6 Å². The minimum Gasteiger partial charge on any atom is -0.373 e. The molecule has 1 amide bonds. The van der Waals surface area contributed by atoms with Crippen LogP contribution in [-0.2, 0) is 9.84 Å². The molecule has 0 spiro atoms. The summed E-state index contributed by atoms with van der Waals surface area (Å²) in [6, 6.07) is 1.53. The van der Waals surface area contributed by atoms with Gasteiger partial charge in [-0.2, -0.15) is 0 Å². The molecule has 2 heterocycles. The summed E-state index contributed by atoms with van der Waals surface area (Å²) >= 11 is 5.97. The molecule has 0 radical (unpaired) electrons. The lowest BCUT2D eigenvalue weighted by Crippen LogP contribution is -2.47. The van der Waals surface area contributed by atoms with Gasteiger partial charge in [-0.1, -0.05) is 11.6 Å². The van der Waals surface area contributed by atoms with Crippen molar-refractivity contribution >= 4 is 33.2 Å². The molecular formula is C12H16ClN3O3S. The second-order valence-electron chi connectivity index (χ2n) is 5.16. The van der Waals surface area contributed by atoms with Crippen molar-refractivity contribution in [3.8, 4) is 0 Å². The van der Waals surface area contributed by atoms with Gasteiger partial charge in [-0.25, -0.2) is 13.4 Å². The molecule has 6 nitrogen and oxygen atoms in total. The van der Waals surface area contributed by atoms with Crippen LogP contribution in [0.4, 0.5) is 5.82 Å². The van der Waals surface area contributed by atoms with Gasteiger partial charge in [-0.05, 0) is 19.4 Å². The molecule has 1 saturated heterocycles. The third-order valence-corrected chi connectivity index (χ3v) is 5.48. The number of carbonyl (C=O) groups is 1. The lowest BCUT2D eigenvalue weighted by atomic mass is 10.0. The Morgan fingerprint density at radius 3 is 2.75 bits per heavy atom. The van der Waals surface area contributed by atoms with Crippen LogP contribution in [0, 0.1) is 0 Å². The lowest BCUT2D eigenvalue weighted by molar-refractivity contribution is 0.0915. The van der Waals surface area contributed by atoms with E-state index in [0.717, 1.165) is 0 Å². The molecule has 20 heavy (non-hydrogen) atoms. The smallest absolute Gasteiger partial charge is 0.253 e. The summed E-state index contributed by atoms with van der Waals surface area (Å²) in [6.45, 7) is 1.73. The summed E-state index contributed by atoms with van der Waals surface area (Å²) in [7, 11) is -1.39. The van der Waals surface area contributed by atoms with Crippen molar-refractivity contribution in [2.24, 2.45) is 0 Å². The lowest BCUT2D eigenvalue weighted by Gasteiger charge is -2.24. The minimum absolute atomic E-state index is 0.0483. The number of aromatic nitrogens is 1. The Bertz CT molecular complexity index is 647. The highest BCUT2D eigenvalue weighted by Gasteiger charge is 2.39. The van der Waals surface area contributed by atoms with Gasteiger partial charge in [0.05, 0.1) is 27.6 Å². The van der Waals surface area contributed by atoms with E-state index >= 15 is 0 Å². The predicted molar refractivity (Wildman–Crippen MR) is 77.9 cm³/mol. The summed E-state index contributed by atoms with van der Waals surface area (Å²) in [4.78, 5) is 16.3. The molecule has 1 unspecified atom stereocenters. The standard InChI is InChI=1S/C12H16ClN3O3S/c1-12(3-4-20(18,19)7-12)16-11(17)8-5-10(14-2)15-6-9(8)13/h5-6H,3-4,7H2,1-2H3,(H,14,15)(H,16,17). The maximum atomic E-state index is 12.3. The summed E-state index contributed by atoms with van der Waals surface area (Å²) in [5.74, 6) is 0.167. The van der Waals surface area contributed by atoms with Crippen molar-refractivity contribution in [2.45, 2.75) is 18.9 Å². The summed E-state index contributed by atoms with van der Waals surface area (Å²) in [5.41, 5.74) is -0.473. The van der Waals surface area contributed by atoms with E-state index in [0.29, 0.717) is 12.2 Å². The largest absolute Gasteiger partial charge is 0.373 e. The van der Waals surface area contributed by atoms with E-state index in [-0.39, 0.29) is 22.1 Å². The second-order valence-corrected chi connectivity index (χ2v) is 7.75. The molecule has 1 aliphatic heterocycles. The molecule has 2 N–H and O–H groups in total. The van der Waals surface area contributed by atoms with E-state index < -0.39 is 21.3 Å². The Morgan fingerprint density at radius 1 is 1.50 bits per heavy atom. The van der Waals surface area contributed by atoms with Gasteiger partial charge in [0.25, 0.3) is 5.91 Å². The maximum Gasteiger partial charge on any atom is 0.253 e. The summed E-state index contributed by atoms with van der Waals surface area (Å²) in [5, 5.41) is 5.81. The first-order valence-electron chi connectivity index (χ1n) is 6.11.